The Morgan fingerprint density at radius 3 is 2.88 bits per heavy atom. The lowest BCUT2D eigenvalue weighted by Crippen LogP contribution is -2.10. The van der Waals surface area contributed by atoms with E-state index in [4.69, 9.17) is 21.1 Å². The molecule has 0 radical (unpaired) electrons. The molecule has 0 N–H and O–H groups in total. The molecule has 1 aromatic carbocycles. The smallest absolute Gasteiger partial charge is 0.434 e. The number of allylic oxidation sites excluding steroid dienone is 1. The Hall–Kier alpha value is -1.48. The number of ether oxygens (including phenoxy) is 2. The van der Waals surface area contributed by atoms with Gasteiger partial charge in [0.05, 0.1) is 6.61 Å². The zero-order valence-electron chi connectivity index (χ0n) is 8.98. The summed E-state index contributed by atoms with van der Waals surface area (Å²) in [6.07, 6.45) is 2.87. The molecule has 16 heavy (non-hydrogen) atoms. The van der Waals surface area contributed by atoms with Gasteiger partial charge in [0.1, 0.15) is 5.75 Å². The second-order valence-electron chi connectivity index (χ2n) is 2.88. The summed E-state index contributed by atoms with van der Waals surface area (Å²) in [4.78, 5) is 11.1. The van der Waals surface area contributed by atoms with Crippen LogP contribution in [-0.4, -0.2) is 18.6 Å². The molecule has 0 amide bonds. The van der Waals surface area contributed by atoms with Crippen molar-refractivity contribution >= 4 is 23.8 Å². The minimum absolute atomic E-state index is 0.290. The standard InChI is InChI=1S/C12H13ClO3/c1-2-15-12(14)16-11-8-4-3-6-10(11)7-5-9-13/h3-8H,2,9H2,1H3. The van der Waals surface area contributed by atoms with Crippen LogP contribution in [0.3, 0.4) is 0 Å². The van der Waals surface area contributed by atoms with E-state index >= 15 is 0 Å². The van der Waals surface area contributed by atoms with E-state index in [9.17, 15) is 4.79 Å². The first-order chi connectivity index (χ1) is 7.77. The molecule has 1 rings (SSSR count). The number of hydrogen-bond donors (Lipinski definition) is 0. The second kappa shape index (κ2) is 6.90. The Morgan fingerprint density at radius 2 is 2.19 bits per heavy atom. The van der Waals surface area contributed by atoms with Crippen LogP contribution in [0.5, 0.6) is 5.75 Å². The molecular weight excluding hydrogens is 228 g/mol. The molecule has 0 aliphatic heterocycles. The van der Waals surface area contributed by atoms with Crippen LogP contribution in [0, 0.1) is 0 Å². The van der Waals surface area contributed by atoms with Gasteiger partial charge in [-0.1, -0.05) is 30.4 Å². The van der Waals surface area contributed by atoms with Crippen molar-refractivity contribution in [3.8, 4) is 5.75 Å². The maximum atomic E-state index is 11.1. The van der Waals surface area contributed by atoms with E-state index in [2.05, 4.69) is 0 Å². The molecule has 1 aromatic rings. The number of rotatable bonds is 4. The zero-order chi connectivity index (χ0) is 11.8. The first-order valence-electron chi connectivity index (χ1n) is 4.94. The van der Waals surface area contributed by atoms with Gasteiger partial charge in [-0.2, -0.15) is 0 Å². The summed E-state index contributed by atoms with van der Waals surface area (Å²) in [5.41, 5.74) is 0.788. The Morgan fingerprint density at radius 1 is 1.44 bits per heavy atom. The fourth-order valence-corrected chi connectivity index (χ4v) is 1.21. The fourth-order valence-electron chi connectivity index (χ4n) is 1.12. The molecule has 0 spiro atoms. The van der Waals surface area contributed by atoms with Crippen LogP contribution in [0.25, 0.3) is 6.08 Å². The molecule has 4 heteroatoms. The molecule has 0 atom stereocenters. The summed E-state index contributed by atoms with van der Waals surface area (Å²) in [5.74, 6) is 0.871. The molecular formula is C12H13ClO3. The van der Waals surface area contributed by atoms with E-state index in [0.29, 0.717) is 18.2 Å². The highest BCUT2D eigenvalue weighted by Gasteiger charge is 2.07. The lowest BCUT2D eigenvalue weighted by atomic mass is 10.2. The molecule has 0 saturated carbocycles. The van der Waals surface area contributed by atoms with Crippen LogP contribution >= 0.6 is 11.6 Å². The monoisotopic (exact) mass is 240 g/mol. The molecule has 0 fully saturated rings. The average Bonchev–Trinajstić information content (AvgIpc) is 2.28. The van der Waals surface area contributed by atoms with Crippen LogP contribution < -0.4 is 4.74 Å². The summed E-state index contributed by atoms with van der Waals surface area (Å²) in [6, 6.07) is 7.17. The number of hydrogen-bond acceptors (Lipinski definition) is 3. The lowest BCUT2D eigenvalue weighted by molar-refractivity contribution is 0.104. The lowest BCUT2D eigenvalue weighted by Gasteiger charge is -2.06. The predicted molar refractivity (Wildman–Crippen MR) is 63.8 cm³/mol. The minimum Gasteiger partial charge on any atom is -0.434 e. The summed E-state index contributed by atoms with van der Waals surface area (Å²) < 4.78 is 9.72. The quantitative estimate of drug-likeness (QED) is 0.459. The topological polar surface area (TPSA) is 35.5 Å². The van der Waals surface area contributed by atoms with Gasteiger partial charge in [-0.3, -0.25) is 0 Å². The summed E-state index contributed by atoms with van der Waals surface area (Å²) >= 11 is 5.54. The zero-order valence-corrected chi connectivity index (χ0v) is 9.74. The van der Waals surface area contributed by atoms with E-state index in [0.717, 1.165) is 5.56 Å². The van der Waals surface area contributed by atoms with Crippen molar-refractivity contribution in [3.05, 3.63) is 35.9 Å². The van der Waals surface area contributed by atoms with Crippen molar-refractivity contribution < 1.29 is 14.3 Å². The van der Waals surface area contributed by atoms with E-state index in [-0.39, 0.29) is 0 Å². The van der Waals surface area contributed by atoms with Gasteiger partial charge in [-0.05, 0) is 13.0 Å². The normalized spacial score (nSPS) is 10.4. The van der Waals surface area contributed by atoms with E-state index < -0.39 is 6.16 Å². The van der Waals surface area contributed by atoms with Crippen molar-refractivity contribution in [1.29, 1.82) is 0 Å². The Labute approximate surface area is 99.6 Å². The first kappa shape index (κ1) is 12.6. The highest BCUT2D eigenvalue weighted by molar-refractivity contribution is 6.19. The number of alkyl halides is 1. The van der Waals surface area contributed by atoms with Gasteiger partial charge in [0, 0.05) is 11.4 Å². The highest BCUT2D eigenvalue weighted by Crippen LogP contribution is 2.19. The molecule has 0 aromatic heterocycles. The largest absolute Gasteiger partial charge is 0.513 e. The Bertz CT molecular complexity index is 374. The summed E-state index contributed by atoms with van der Waals surface area (Å²) in [7, 11) is 0. The van der Waals surface area contributed by atoms with E-state index in [1.54, 1.807) is 31.2 Å². The number of carbonyl (C=O) groups excluding carboxylic acids is 1. The third kappa shape index (κ3) is 3.95. The summed E-state index contributed by atoms with van der Waals surface area (Å²) in [5, 5.41) is 0. The van der Waals surface area contributed by atoms with Gasteiger partial charge in [-0.15, -0.1) is 11.6 Å². The van der Waals surface area contributed by atoms with Gasteiger partial charge in [0.2, 0.25) is 0 Å². The molecule has 0 saturated heterocycles. The minimum atomic E-state index is -0.700. The molecule has 0 bridgehead atoms. The molecule has 0 aliphatic rings. The van der Waals surface area contributed by atoms with Gasteiger partial charge in [0.25, 0.3) is 0 Å². The van der Waals surface area contributed by atoms with Crippen LogP contribution in [0.15, 0.2) is 30.3 Å². The molecule has 86 valence electrons. The summed E-state index contributed by atoms with van der Waals surface area (Å²) in [6.45, 7) is 2.01. The molecule has 3 nitrogen and oxygen atoms in total. The maximum Gasteiger partial charge on any atom is 0.513 e. The van der Waals surface area contributed by atoms with Gasteiger partial charge >= 0.3 is 6.16 Å². The van der Waals surface area contributed by atoms with Crippen molar-refractivity contribution in [1.82, 2.24) is 0 Å². The van der Waals surface area contributed by atoms with Crippen molar-refractivity contribution in [2.24, 2.45) is 0 Å². The number of halogens is 1. The second-order valence-corrected chi connectivity index (χ2v) is 3.19. The van der Waals surface area contributed by atoms with Crippen LogP contribution in [0.1, 0.15) is 12.5 Å². The van der Waals surface area contributed by atoms with Crippen LogP contribution in [0.4, 0.5) is 4.79 Å². The van der Waals surface area contributed by atoms with Crippen LogP contribution in [0.2, 0.25) is 0 Å². The van der Waals surface area contributed by atoms with E-state index in [1.807, 2.05) is 12.1 Å². The third-order valence-electron chi connectivity index (χ3n) is 1.76. The number of para-hydroxylation sites is 1. The van der Waals surface area contributed by atoms with Gasteiger partial charge in [0.15, 0.2) is 0 Å². The fraction of sp³-hybridized carbons (Fsp3) is 0.250. The average molecular weight is 241 g/mol. The molecule has 0 unspecified atom stereocenters. The third-order valence-corrected chi connectivity index (χ3v) is 1.94. The van der Waals surface area contributed by atoms with E-state index in [1.165, 1.54) is 0 Å². The SMILES string of the molecule is CCOC(=O)Oc1ccccc1C=CCCl. The molecule has 0 aliphatic carbocycles. The van der Waals surface area contributed by atoms with Crippen LogP contribution in [-0.2, 0) is 4.74 Å². The van der Waals surface area contributed by atoms with Crippen molar-refractivity contribution in [2.75, 3.05) is 12.5 Å². The Kier molecular flexibility index (Phi) is 5.43. The number of carbonyl (C=O) groups is 1. The number of benzene rings is 1. The Balaban J connectivity index is 2.78. The molecule has 0 heterocycles. The van der Waals surface area contributed by atoms with Crippen molar-refractivity contribution in [3.63, 3.8) is 0 Å². The predicted octanol–water partition coefficient (Wildman–Crippen LogP) is 3.47. The maximum absolute atomic E-state index is 11.1. The first-order valence-corrected chi connectivity index (χ1v) is 5.47. The van der Waals surface area contributed by atoms with Gasteiger partial charge in [-0.25, -0.2) is 4.79 Å². The van der Waals surface area contributed by atoms with Crippen molar-refractivity contribution in [2.45, 2.75) is 6.92 Å². The van der Waals surface area contributed by atoms with Gasteiger partial charge < -0.3 is 9.47 Å². The highest BCUT2D eigenvalue weighted by atomic mass is 35.5.